The van der Waals surface area contributed by atoms with E-state index in [0.717, 1.165) is 22.1 Å². The third kappa shape index (κ3) is 8.94. The number of nitrogens with one attached hydrogen (secondary N) is 3. The average Bonchev–Trinajstić information content (AvgIpc) is 3.01. The largest absolute Gasteiger partial charge is 0.466 e. The number of ether oxygens (including phenoxy) is 2. The van der Waals surface area contributed by atoms with Gasteiger partial charge in [-0.15, -0.1) is 0 Å². The number of rotatable bonds is 13. The number of pyridine rings is 1. The van der Waals surface area contributed by atoms with Gasteiger partial charge in [-0.05, 0) is 66.3 Å². The molecular formula is C34H38N4O6. The van der Waals surface area contributed by atoms with E-state index in [2.05, 4.69) is 15.6 Å². The van der Waals surface area contributed by atoms with E-state index >= 15 is 0 Å². The Morgan fingerprint density at radius 3 is 2.57 bits per heavy atom. The van der Waals surface area contributed by atoms with Crippen molar-refractivity contribution in [1.29, 1.82) is 0 Å². The van der Waals surface area contributed by atoms with Crippen LogP contribution >= 0.6 is 0 Å². The summed E-state index contributed by atoms with van der Waals surface area (Å²) in [7, 11) is 0. The van der Waals surface area contributed by atoms with Crippen molar-refractivity contribution in [2.75, 3.05) is 36.9 Å². The van der Waals surface area contributed by atoms with E-state index in [4.69, 9.17) is 9.47 Å². The number of hydrogen-bond donors (Lipinski definition) is 3. The fourth-order valence-corrected chi connectivity index (χ4v) is 4.89. The zero-order valence-corrected chi connectivity index (χ0v) is 25.2. The lowest BCUT2D eigenvalue weighted by molar-refractivity contribution is -0.144. The van der Waals surface area contributed by atoms with Gasteiger partial charge in [-0.2, -0.15) is 0 Å². The normalized spacial score (nSPS) is 11.4. The summed E-state index contributed by atoms with van der Waals surface area (Å²) < 4.78 is 10.5. The Labute approximate surface area is 256 Å². The number of anilines is 2. The maximum Gasteiger partial charge on any atom is 0.411 e. The molecule has 3 aromatic carbocycles. The van der Waals surface area contributed by atoms with E-state index < -0.39 is 12.1 Å². The molecule has 4 rings (SSSR count). The zero-order valence-electron chi connectivity index (χ0n) is 25.2. The van der Waals surface area contributed by atoms with E-state index in [0.29, 0.717) is 16.8 Å². The van der Waals surface area contributed by atoms with Crippen LogP contribution in [0.4, 0.5) is 16.2 Å². The molecule has 2 amide bonds. The smallest absolute Gasteiger partial charge is 0.411 e. The molecule has 3 N–H and O–H groups in total. The molecule has 230 valence electrons. The molecule has 1 atom stereocenters. The quantitative estimate of drug-likeness (QED) is 0.171. The lowest BCUT2D eigenvalue weighted by Gasteiger charge is -2.23. The molecular weight excluding hydrogens is 560 g/mol. The molecule has 0 aliphatic rings. The van der Waals surface area contributed by atoms with Gasteiger partial charge in [0.15, 0.2) is 0 Å². The molecule has 1 heterocycles. The Morgan fingerprint density at radius 1 is 0.955 bits per heavy atom. The number of aryl methyl sites for hydroxylation is 1. The molecule has 10 nitrogen and oxygen atoms in total. The maximum atomic E-state index is 13.3. The summed E-state index contributed by atoms with van der Waals surface area (Å²) in [6, 6.07) is 22.2. The molecule has 44 heavy (non-hydrogen) atoms. The van der Waals surface area contributed by atoms with Gasteiger partial charge in [-0.3, -0.25) is 19.7 Å². The molecule has 4 aromatic rings. The molecule has 0 fully saturated rings. The number of nitrogens with zero attached hydrogens (tertiary/aromatic N) is 1. The number of hydrogen-bond acceptors (Lipinski definition) is 7. The van der Waals surface area contributed by atoms with Gasteiger partial charge in [-0.25, -0.2) is 4.79 Å². The van der Waals surface area contributed by atoms with Crippen LogP contribution in [-0.4, -0.2) is 54.2 Å². The molecule has 0 bridgehead atoms. The summed E-state index contributed by atoms with van der Waals surface area (Å²) in [4.78, 5) is 54.4. The van der Waals surface area contributed by atoms with Gasteiger partial charge in [0, 0.05) is 42.0 Å². The predicted octanol–water partition coefficient (Wildman–Crippen LogP) is 5.58. The van der Waals surface area contributed by atoms with Gasteiger partial charge in [-0.1, -0.05) is 49.4 Å². The highest BCUT2D eigenvalue weighted by molar-refractivity contribution is 5.87. The zero-order chi connectivity index (χ0) is 31.5. The van der Waals surface area contributed by atoms with Crippen LogP contribution in [0.5, 0.6) is 0 Å². The molecule has 0 saturated heterocycles. The monoisotopic (exact) mass is 598 g/mol. The summed E-state index contributed by atoms with van der Waals surface area (Å²) in [5.74, 6) is -0.611. The van der Waals surface area contributed by atoms with E-state index in [9.17, 15) is 19.2 Å². The van der Waals surface area contributed by atoms with Gasteiger partial charge in [0.1, 0.15) is 0 Å². The van der Waals surface area contributed by atoms with Crippen LogP contribution in [0, 0.1) is 6.92 Å². The van der Waals surface area contributed by atoms with Crippen LogP contribution in [0.1, 0.15) is 42.9 Å². The SMILES string of the molecule is CCOC(=O)CCN(Cc1cccc(NC(=O)OCC(C)c2ccccc2C)c1)C(=O)CNc1ccc2cc[nH]c(=O)c2c1. The summed E-state index contributed by atoms with van der Waals surface area (Å²) in [5.41, 5.74) is 3.94. The number of amides is 2. The highest BCUT2D eigenvalue weighted by atomic mass is 16.5. The second kappa shape index (κ2) is 15.4. The fraction of sp³-hybridized carbons (Fsp3) is 0.294. The van der Waals surface area contributed by atoms with Crippen molar-refractivity contribution in [2.24, 2.45) is 0 Å². The molecule has 0 aliphatic carbocycles. The first-order chi connectivity index (χ1) is 21.2. The van der Waals surface area contributed by atoms with Gasteiger partial charge < -0.3 is 24.7 Å². The van der Waals surface area contributed by atoms with Crippen molar-refractivity contribution in [3.8, 4) is 0 Å². The minimum Gasteiger partial charge on any atom is -0.466 e. The minimum absolute atomic E-state index is 0.0360. The molecule has 10 heteroatoms. The van der Waals surface area contributed by atoms with Crippen LogP contribution in [0.3, 0.4) is 0 Å². The number of aromatic nitrogens is 1. The molecule has 0 radical (unpaired) electrons. The van der Waals surface area contributed by atoms with Crippen LogP contribution < -0.4 is 16.2 Å². The number of benzene rings is 3. The second-order valence-electron chi connectivity index (χ2n) is 10.5. The van der Waals surface area contributed by atoms with Crippen molar-refractivity contribution >= 4 is 40.1 Å². The van der Waals surface area contributed by atoms with E-state index in [1.807, 2.05) is 50.2 Å². The van der Waals surface area contributed by atoms with Crippen LogP contribution in [0.25, 0.3) is 10.8 Å². The Kier molecular flexibility index (Phi) is 11.1. The molecule has 1 aromatic heterocycles. The van der Waals surface area contributed by atoms with Gasteiger partial charge >= 0.3 is 12.1 Å². The Morgan fingerprint density at radius 2 is 1.77 bits per heavy atom. The molecule has 1 unspecified atom stereocenters. The first kappa shape index (κ1) is 31.8. The third-order valence-corrected chi connectivity index (χ3v) is 7.19. The van der Waals surface area contributed by atoms with Crippen molar-refractivity contribution in [1.82, 2.24) is 9.88 Å². The Balaban J connectivity index is 1.39. The summed E-state index contributed by atoms with van der Waals surface area (Å²) >= 11 is 0. The van der Waals surface area contributed by atoms with Crippen molar-refractivity contribution in [3.63, 3.8) is 0 Å². The lowest BCUT2D eigenvalue weighted by Crippen LogP contribution is -2.36. The molecule has 0 saturated carbocycles. The Bertz CT molecular complexity index is 1670. The number of H-pyrrole nitrogens is 1. The van der Waals surface area contributed by atoms with Gasteiger partial charge in [0.2, 0.25) is 5.91 Å². The minimum atomic E-state index is -0.573. The molecule has 0 spiro atoms. The van der Waals surface area contributed by atoms with Crippen LogP contribution in [-0.2, 0) is 25.6 Å². The second-order valence-corrected chi connectivity index (χ2v) is 10.5. The van der Waals surface area contributed by atoms with Gasteiger partial charge in [0.25, 0.3) is 5.56 Å². The number of carbonyl (C=O) groups excluding carboxylic acids is 3. The summed E-state index contributed by atoms with van der Waals surface area (Å²) in [5, 5.41) is 7.15. The first-order valence-electron chi connectivity index (χ1n) is 14.6. The number of fused-ring (bicyclic) bond motifs is 1. The van der Waals surface area contributed by atoms with E-state index in [1.54, 1.807) is 54.4 Å². The Hall–Kier alpha value is -5.12. The topological polar surface area (TPSA) is 130 Å². The van der Waals surface area contributed by atoms with Crippen LogP contribution in [0.2, 0.25) is 0 Å². The highest BCUT2D eigenvalue weighted by Gasteiger charge is 2.17. The third-order valence-electron chi connectivity index (χ3n) is 7.19. The average molecular weight is 599 g/mol. The number of carbonyl (C=O) groups is 3. The summed E-state index contributed by atoms with van der Waals surface area (Å²) in [6.07, 6.45) is 1.05. The lowest BCUT2D eigenvalue weighted by atomic mass is 9.97. The van der Waals surface area contributed by atoms with Crippen molar-refractivity contribution < 1.29 is 23.9 Å². The van der Waals surface area contributed by atoms with Gasteiger partial charge in [0.05, 0.1) is 26.2 Å². The van der Waals surface area contributed by atoms with E-state index in [-0.39, 0.29) is 56.7 Å². The maximum absolute atomic E-state index is 13.3. The van der Waals surface area contributed by atoms with Crippen molar-refractivity contribution in [2.45, 2.75) is 39.7 Å². The molecule has 0 aliphatic heterocycles. The standard InChI is InChI=1S/C34H38N4O6/c1-4-43-32(40)15-17-38(31(39)20-36-27-13-12-26-14-16-35-33(41)30(26)19-27)21-25-9-7-10-28(18-25)37-34(42)44-22-24(3)29-11-6-5-8-23(29)2/h5-14,16,18-19,24,36H,4,15,17,20-22H2,1-3H3,(H,35,41)(H,37,42). The summed E-state index contributed by atoms with van der Waals surface area (Å²) in [6.45, 7) is 6.54. The fourth-order valence-electron chi connectivity index (χ4n) is 4.89. The van der Waals surface area contributed by atoms with E-state index in [1.165, 1.54) is 0 Å². The highest BCUT2D eigenvalue weighted by Crippen LogP contribution is 2.20. The first-order valence-corrected chi connectivity index (χ1v) is 14.6. The number of esters is 1. The van der Waals surface area contributed by atoms with Crippen LogP contribution in [0.15, 0.2) is 83.8 Å². The number of aromatic amines is 1. The predicted molar refractivity (Wildman–Crippen MR) is 171 cm³/mol. The van der Waals surface area contributed by atoms with Crippen molar-refractivity contribution in [3.05, 3.63) is 106 Å².